The molecule has 5 nitrogen and oxygen atoms in total. The maximum Gasteiger partial charge on any atom is 0.234 e. The Morgan fingerprint density at radius 1 is 1.21 bits per heavy atom. The Balaban J connectivity index is 1.71. The van der Waals surface area contributed by atoms with Crippen LogP contribution in [-0.4, -0.2) is 42.9 Å². The van der Waals surface area contributed by atoms with Crippen molar-refractivity contribution in [3.8, 4) is 0 Å². The van der Waals surface area contributed by atoms with Gasteiger partial charge >= 0.3 is 0 Å². The second-order valence-electron chi connectivity index (χ2n) is 6.54. The van der Waals surface area contributed by atoms with Crippen molar-refractivity contribution in [3.05, 3.63) is 35.9 Å². The van der Waals surface area contributed by atoms with Gasteiger partial charge in [-0.05, 0) is 44.8 Å². The Labute approximate surface area is 144 Å². The van der Waals surface area contributed by atoms with Crippen LogP contribution in [0.3, 0.4) is 0 Å². The minimum Gasteiger partial charge on any atom is -0.356 e. The van der Waals surface area contributed by atoms with E-state index in [1.165, 1.54) is 0 Å². The first-order chi connectivity index (χ1) is 11.6. The highest BCUT2D eigenvalue weighted by Gasteiger charge is 2.25. The third kappa shape index (κ3) is 5.64. The molecule has 5 heteroatoms. The van der Waals surface area contributed by atoms with E-state index >= 15 is 0 Å². The molecule has 1 unspecified atom stereocenters. The third-order valence-electron chi connectivity index (χ3n) is 4.55. The number of likely N-dealkylation sites (tertiary alicyclic amines) is 1. The van der Waals surface area contributed by atoms with Crippen LogP contribution >= 0.6 is 0 Å². The largest absolute Gasteiger partial charge is 0.356 e. The van der Waals surface area contributed by atoms with E-state index in [4.69, 9.17) is 0 Å². The number of piperidine rings is 1. The van der Waals surface area contributed by atoms with E-state index < -0.39 is 0 Å². The Morgan fingerprint density at radius 3 is 2.50 bits per heavy atom. The molecule has 0 bridgehead atoms. The molecular weight excluding hydrogens is 302 g/mol. The van der Waals surface area contributed by atoms with E-state index in [1.54, 1.807) is 0 Å². The second-order valence-corrected chi connectivity index (χ2v) is 6.54. The second kappa shape index (κ2) is 9.42. The van der Waals surface area contributed by atoms with Gasteiger partial charge in [0.2, 0.25) is 11.8 Å². The predicted molar refractivity (Wildman–Crippen MR) is 95.5 cm³/mol. The van der Waals surface area contributed by atoms with Crippen molar-refractivity contribution in [1.82, 2.24) is 15.5 Å². The molecule has 24 heavy (non-hydrogen) atoms. The molecule has 2 rings (SSSR count). The van der Waals surface area contributed by atoms with Crippen molar-refractivity contribution < 1.29 is 9.59 Å². The van der Waals surface area contributed by atoms with Gasteiger partial charge in [-0.2, -0.15) is 0 Å². The maximum absolute atomic E-state index is 12.2. The average molecular weight is 331 g/mol. The van der Waals surface area contributed by atoms with Gasteiger partial charge in [0, 0.05) is 12.5 Å². The summed E-state index contributed by atoms with van der Waals surface area (Å²) < 4.78 is 0. The van der Waals surface area contributed by atoms with Gasteiger partial charge < -0.3 is 10.6 Å². The van der Waals surface area contributed by atoms with Crippen LogP contribution in [0, 0.1) is 5.92 Å². The number of carbonyl (C=O) groups is 2. The molecule has 1 atom stereocenters. The van der Waals surface area contributed by atoms with Crippen molar-refractivity contribution in [2.24, 2.45) is 5.92 Å². The summed E-state index contributed by atoms with van der Waals surface area (Å²) in [6.07, 6.45) is 2.62. The molecule has 1 aromatic carbocycles. The molecule has 1 fully saturated rings. The van der Waals surface area contributed by atoms with E-state index in [2.05, 4.69) is 22.5 Å². The highest BCUT2D eigenvalue weighted by atomic mass is 16.2. The summed E-state index contributed by atoms with van der Waals surface area (Å²) in [6.45, 7) is 6.81. The molecule has 0 aromatic heterocycles. The average Bonchev–Trinajstić information content (AvgIpc) is 2.61. The highest BCUT2D eigenvalue weighted by molar-refractivity contribution is 5.79. The van der Waals surface area contributed by atoms with Crippen molar-refractivity contribution in [1.29, 1.82) is 0 Å². The third-order valence-corrected chi connectivity index (χ3v) is 4.55. The number of nitrogens with one attached hydrogen (secondary N) is 2. The minimum atomic E-state index is 0.0102. The van der Waals surface area contributed by atoms with Crippen LogP contribution in [0.25, 0.3) is 0 Å². The van der Waals surface area contributed by atoms with Gasteiger partial charge in [0.15, 0.2) is 0 Å². The molecule has 1 aromatic rings. The Kier molecular flexibility index (Phi) is 7.25. The van der Waals surface area contributed by atoms with Crippen LogP contribution in [0.2, 0.25) is 0 Å². The first kappa shape index (κ1) is 18.5. The molecule has 1 saturated heterocycles. The van der Waals surface area contributed by atoms with E-state index in [-0.39, 0.29) is 23.8 Å². The van der Waals surface area contributed by atoms with Crippen molar-refractivity contribution in [2.75, 3.05) is 26.2 Å². The standard InChI is InChI=1S/C19H29N3O2/c1-3-11-20-19(24)17-9-12-22(13-10-17)14-18(23)21-15(2)16-7-5-4-6-8-16/h4-8,15,17H,3,9-14H2,1-2H3,(H,20,24)(H,21,23). The van der Waals surface area contributed by atoms with E-state index in [9.17, 15) is 9.59 Å². The highest BCUT2D eigenvalue weighted by Crippen LogP contribution is 2.17. The number of amides is 2. The molecule has 132 valence electrons. The van der Waals surface area contributed by atoms with Gasteiger partial charge in [0.1, 0.15) is 0 Å². The van der Waals surface area contributed by atoms with Crippen LogP contribution in [0.5, 0.6) is 0 Å². The lowest BCUT2D eigenvalue weighted by Gasteiger charge is -2.31. The SMILES string of the molecule is CCCNC(=O)C1CCN(CC(=O)NC(C)c2ccccc2)CC1. The van der Waals surface area contributed by atoms with Crippen molar-refractivity contribution >= 4 is 11.8 Å². The Bertz CT molecular complexity index is 525. The lowest BCUT2D eigenvalue weighted by Crippen LogP contribution is -2.44. The fourth-order valence-corrected chi connectivity index (χ4v) is 3.06. The lowest BCUT2D eigenvalue weighted by molar-refractivity contribution is -0.126. The minimum absolute atomic E-state index is 0.0102. The van der Waals surface area contributed by atoms with Crippen LogP contribution in [0.4, 0.5) is 0 Å². The van der Waals surface area contributed by atoms with E-state index in [0.717, 1.165) is 44.5 Å². The molecule has 2 N–H and O–H groups in total. The Morgan fingerprint density at radius 2 is 1.88 bits per heavy atom. The molecule has 0 saturated carbocycles. The molecule has 1 heterocycles. The zero-order valence-electron chi connectivity index (χ0n) is 14.8. The van der Waals surface area contributed by atoms with Gasteiger partial charge in [-0.25, -0.2) is 0 Å². The van der Waals surface area contributed by atoms with Gasteiger partial charge in [-0.3, -0.25) is 14.5 Å². The topological polar surface area (TPSA) is 61.4 Å². The molecular formula is C19H29N3O2. The summed E-state index contributed by atoms with van der Waals surface area (Å²) in [4.78, 5) is 26.3. The zero-order valence-corrected chi connectivity index (χ0v) is 14.8. The molecule has 0 aliphatic carbocycles. The number of hydrogen-bond donors (Lipinski definition) is 2. The summed E-state index contributed by atoms with van der Waals surface area (Å²) in [5.74, 6) is 0.304. The fourth-order valence-electron chi connectivity index (χ4n) is 3.06. The van der Waals surface area contributed by atoms with Crippen LogP contribution < -0.4 is 10.6 Å². The van der Waals surface area contributed by atoms with Crippen LogP contribution in [0.15, 0.2) is 30.3 Å². The summed E-state index contributed by atoms with van der Waals surface area (Å²) in [5, 5.41) is 6.01. The van der Waals surface area contributed by atoms with Crippen molar-refractivity contribution in [3.63, 3.8) is 0 Å². The normalized spacial score (nSPS) is 17.2. The summed E-state index contributed by atoms with van der Waals surface area (Å²) in [5.41, 5.74) is 1.11. The molecule has 0 spiro atoms. The maximum atomic E-state index is 12.2. The van der Waals surface area contributed by atoms with E-state index in [1.807, 2.05) is 37.3 Å². The molecule has 1 aliphatic heterocycles. The van der Waals surface area contributed by atoms with Gasteiger partial charge in [0.25, 0.3) is 0 Å². The summed E-state index contributed by atoms with van der Waals surface area (Å²) in [6, 6.07) is 9.98. The number of carbonyl (C=O) groups excluding carboxylic acids is 2. The van der Waals surface area contributed by atoms with E-state index in [0.29, 0.717) is 6.54 Å². The quantitative estimate of drug-likeness (QED) is 0.804. The predicted octanol–water partition coefficient (Wildman–Crippen LogP) is 2.10. The molecule has 0 radical (unpaired) electrons. The molecule has 1 aliphatic rings. The monoisotopic (exact) mass is 331 g/mol. The number of benzene rings is 1. The lowest BCUT2D eigenvalue weighted by atomic mass is 9.96. The van der Waals surface area contributed by atoms with Gasteiger partial charge in [0.05, 0.1) is 12.6 Å². The van der Waals surface area contributed by atoms with Crippen molar-refractivity contribution in [2.45, 2.75) is 39.2 Å². The Hall–Kier alpha value is -1.88. The first-order valence-corrected chi connectivity index (χ1v) is 8.94. The summed E-state index contributed by atoms with van der Waals surface area (Å²) in [7, 11) is 0. The van der Waals surface area contributed by atoms with Gasteiger partial charge in [-0.1, -0.05) is 37.3 Å². The van der Waals surface area contributed by atoms with Crippen LogP contribution in [-0.2, 0) is 9.59 Å². The van der Waals surface area contributed by atoms with Crippen LogP contribution in [0.1, 0.15) is 44.7 Å². The fraction of sp³-hybridized carbons (Fsp3) is 0.579. The first-order valence-electron chi connectivity index (χ1n) is 8.94. The smallest absolute Gasteiger partial charge is 0.234 e. The number of hydrogen-bond acceptors (Lipinski definition) is 3. The number of rotatable bonds is 7. The zero-order chi connectivity index (χ0) is 17.4. The molecule has 2 amide bonds. The summed E-state index contributed by atoms with van der Waals surface area (Å²) >= 11 is 0. The number of nitrogens with zero attached hydrogens (tertiary/aromatic N) is 1. The van der Waals surface area contributed by atoms with Gasteiger partial charge in [-0.15, -0.1) is 0 Å².